The molecule has 1 fully saturated rings. The third-order valence-corrected chi connectivity index (χ3v) is 4.23. The van der Waals surface area contributed by atoms with Crippen molar-refractivity contribution in [3.05, 3.63) is 45.5 Å². The van der Waals surface area contributed by atoms with Crippen molar-refractivity contribution in [2.75, 3.05) is 7.11 Å². The molecular formula is C15H15ClN2O3. The van der Waals surface area contributed by atoms with E-state index in [1.165, 1.54) is 0 Å². The van der Waals surface area contributed by atoms with E-state index in [1.54, 1.807) is 31.4 Å². The van der Waals surface area contributed by atoms with Gasteiger partial charge in [0.05, 0.1) is 0 Å². The van der Waals surface area contributed by atoms with E-state index in [9.17, 15) is 9.90 Å². The molecule has 0 unspecified atom stereocenters. The molecule has 0 bridgehead atoms. The molecule has 0 aliphatic heterocycles. The molecule has 1 aromatic carbocycles. The van der Waals surface area contributed by atoms with Gasteiger partial charge in [0.25, 0.3) is 5.56 Å². The number of rotatable bonds is 3. The molecule has 0 spiro atoms. The molecule has 1 saturated carbocycles. The van der Waals surface area contributed by atoms with Crippen molar-refractivity contribution in [1.29, 1.82) is 0 Å². The van der Waals surface area contributed by atoms with Crippen molar-refractivity contribution in [2.45, 2.75) is 24.9 Å². The van der Waals surface area contributed by atoms with Crippen LogP contribution in [0.4, 0.5) is 0 Å². The molecule has 110 valence electrons. The van der Waals surface area contributed by atoms with Gasteiger partial charge in [0.2, 0.25) is 5.88 Å². The van der Waals surface area contributed by atoms with Gasteiger partial charge in [-0.2, -0.15) is 4.98 Å². The standard InChI is InChI=1S/C15H15ClN2O3/c1-21-15(6-3-7-15)14-17-12(19)11(13(20)18-14)9-4-2-5-10(16)8-9/h2,4-5,8H,3,6-7H2,1H3,(H2,17,18,19,20). The van der Waals surface area contributed by atoms with Gasteiger partial charge in [0.1, 0.15) is 17.0 Å². The van der Waals surface area contributed by atoms with Crippen molar-refractivity contribution < 1.29 is 9.84 Å². The van der Waals surface area contributed by atoms with Gasteiger partial charge in [0, 0.05) is 12.1 Å². The fourth-order valence-corrected chi connectivity index (χ4v) is 2.81. The normalized spacial score (nSPS) is 16.5. The fourth-order valence-electron chi connectivity index (χ4n) is 2.62. The van der Waals surface area contributed by atoms with Gasteiger partial charge >= 0.3 is 0 Å². The van der Waals surface area contributed by atoms with Crippen LogP contribution in [0.2, 0.25) is 5.02 Å². The summed E-state index contributed by atoms with van der Waals surface area (Å²) in [7, 11) is 1.58. The molecule has 2 aromatic rings. The summed E-state index contributed by atoms with van der Waals surface area (Å²) in [5.74, 6) is 0.0730. The maximum absolute atomic E-state index is 12.3. The SMILES string of the molecule is COC1(c2nc(O)c(-c3cccc(Cl)c3)c(=O)[nH]2)CCC1. The van der Waals surface area contributed by atoms with Gasteiger partial charge in [0.15, 0.2) is 0 Å². The van der Waals surface area contributed by atoms with Crippen LogP contribution in [0.3, 0.4) is 0 Å². The Labute approximate surface area is 126 Å². The lowest BCUT2D eigenvalue weighted by molar-refractivity contribution is -0.0850. The second kappa shape index (κ2) is 5.16. The third kappa shape index (κ3) is 2.32. The average Bonchev–Trinajstić information content (AvgIpc) is 2.37. The Balaban J connectivity index is 2.11. The van der Waals surface area contributed by atoms with Crippen LogP contribution in [-0.4, -0.2) is 22.2 Å². The van der Waals surface area contributed by atoms with Crippen molar-refractivity contribution in [3.8, 4) is 17.0 Å². The molecule has 1 aliphatic rings. The van der Waals surface area contributed by atoms with E-state index in [4.69, 9.17) is 16.3 Å². The maximum Gasteiger partial charge on any atom is 0.262 e. The summed E-state index contributed by atoms with van der Waals surface area (Å²) in [6.45, 7) is 0. The molecule has 2 N–H and O–H groups in total. The average molecular weight is 307 g/mol. The quantitative estimate of drug-likeness (QED) is 0.914. The predicted octanol–water partition coefficient (Wildman–Crippen LogP) is 2.82. The summed E-state index contributed by atoms with van der Waals surface area (Å²) < 4.78 is 5.47. The van der Waals surface area contributed by atoms with E-state index >= 15 is 0 Å². The molecular weight excluding hydrogens is 292 g/mol. The minimum Gasteiger partial charge on any atom is -0.493 e. The number of methoxy groups -OCH3 is 1. The van der Waals surface area contributed by atoms with E-state index < -0.39 is 11.2 Å². The van der Waals surface area contributed by atoms with Crippen LogP contribution in [-0.2, 0) is 10.3 Å². The van der Waals surface area contributed by atoms with Crippen LogP contribution in [0, 0.1) is 0 Å². The number of aromatic amines is 1. The van der Waals surface area contributed by atoms with Gasteiger partial charge in [-0.05, 0) is 37.0 Å². The monoisotopic (exact) mass is 306 g/mol. The highest BCUT2D eigenvalue weighted by molar-refractivity contribution is 6.30. The fraction of sp³-hybridized carbons (Fsp3) is 0.333. The lowest BCUT2D eigenvalue weighted by Gasteiger charge is -2.39. The number of aromatic hydroxyl groups is 1. The van der Waals surface area contributed by atoms with Crippen LogP contribution >= 0.6 is 11.6 Å². The summed E-state index contributed by atoms with van der Waals surface area (Å²) in [6, 6.07) is 6.73. The first-order chi connectivity index (χ1) is 10.1. The molecule has 0 atom stereocenters. The van der Waals surface area contributed by atoms with E-state index in [1.807, 2.05) is 0 Å². The lowest BCUT2D eigenvalue weighted by atomic mass is 9.79. The highest BCUT2D eigenvalue weighted by Gasteiger charge is 2.42. The number of hydrogen-bond donors (Lipinski definition) is 2. The Kier molecular flexibility index (Phi) is 3.47. The van der Waals surface area contributed by atoms with Gasteiger partial charge in [-0.15, -0.1) is 0 Å². The molecule has 1 heterocycles. The van der Waals surface area contributed by atoms with Crippen LogP contribution in [0.15, 0.2) is 29.1 Å². The number of hydrogen-bond acceptors (Lipinski definition) is 4. The van der Waals surface area contributed by atoms with E-state index in [2.05, 4.69) is 9.97 Å². The highest BCUT2D eigenvalue weighted by atomic mass is 35.5. The minimum absolute atomic E-state index is 0.117. The van der Waals surface area contributed by atoms with Crippen LogP contribution in [0.1, 0.15) is 25.1 Å². The van der Waals surface area contributed by atoms with E-state index in [-0.39, 0.29) is 11.4 Å². The van der Waals surface area contributed by atoms with E-state index in [0.29, 0.717) is 16.4 Å². The molecule has 5 nitrogen and oxygen atoms in total. The molecule has 1 aromatic heterocycles. The van der Waals surface area contributed by atoms with E-state index in [0.717, 1.165) is 19.3 Å². The first-order valence-electron chi connectivity index (χ1n) is 6.70. The molecule has 0 amide bonds. The van der Waals surface area contributed by atoms with Crippen LogP contribution < -0.4 is 5.56 Å². The Morgan fingerprint density at radius 2 is 2.19 bits per heavy atom. The second-order valence-electron chi connectivity index (χ2n) is 5.18. The number of benzene rings is 1. The predicted molar refractivity (Wildman–Crippen MR) is 79.5 cm³/mol. The number of ether oxygens (including phenoxy) is 1. The zero-order chi connectivity index (χ0) is 15.0. The zero-order valence-electron chi connectivity index (χ0n) is 11.5. The summed E-state index contributed by atoms with van der Waals surface area (Å²) in [5.41, 5.74) is -0.334. The largest absolute Gasteiger partial charge is 0.493 e. The zero-order valence-corrected chi connectivity index (χ0v) is 12.3. The minimum atomic E-state index is -0.580. The molecule has 21 heavy (non-hydrogen) atoms. The number of aromatic nitrogens is 2. The van der Waals surface area contributed by atoms with Gasteiger partial charge in [-0.25, -0.2) is 0 Å². The van der Waals surface area contributed by atoms with Crippen molar-refractivity contribution in [2.24, 2.45) is 0 Å². The number of nitrogens with zero attached hydrogens (tertiary/aromatic N) is 1. The summed E-state index contributed by atoms with van der Waals surface area (Å²) in [4.78, 5) is 19.2. The highest BCUT2D eigenvalue weighted by Crippen LogP contribution is 2.43. The topological polar surface area (TPSA) is 75.2 Å². The van der Waals surface area contributed by atoms with Crippen molar-refractivity contribution in [3.63, 3.8) is 0 Å². The number of halogens is 1. The van der Waals surface area contributed by atoms with Crippen LogP contribution in [0.5, 0.6) is 5.88 Å². The maximum atomic E-state index is 12.3. The third-order valence-electron chi connectivity index (χ3n) is 4.00. The van der Waals surface area contributed by atoms with Crippen LogP contribution in [0.25, 0.3) is 11.1 Å². The Bertz CT molecular complexity index is 732. The van der Waals surface area contributed by atoms with Gasteiger partial charge in [-0.1, -0.05) is 23.7 Å². The Morgan fingerprint density at radius 3 is 2.71 bits per heavy atom. The second-order valence-corrected chi connectivity index (χ2v) is 5.61. The summed E-state index contributed by atoms with van der Waals surface area (Å²) in [6.07, 6.45) is 2.57. The Morgan fingerprint density at radius 1 is 1.43 bits per heavy atom. The van der Waals surface area contributed by atoms with Gasteiger partial charge < -0.3 is 14.8 Å². The van der Waals surface area contributed by atoms with Crippen molar-refractivity contribution >= 4 is 11.6 Å². The molecule has 0 saturated heterocycles. The smallest absolute Gasteiger partial charge is 0.262 e. The number of H-pyrrole nitrogens is 1. The molecule has 6 heteroatoms. The number of nitrogens with one attached hydrogen (secondary N) is 1. The van der Waals surface area contributed by atoms with Gasteiger partial charge in [-0.3, -0.25) is 4.79 Å². The first-order valence-corrected chi connectivity index (χ1v) is 7.08. The first kappa shape index (κ1) is 14.1. The molecule has 3 rings (SSSR count). The lowest BCUT2D eigenvalue weighted by Crippen LogP contribution is -2.39. The molecule has 0 radical (unpaired) electrons. The summed E-state index contributed by atoms with van der Waals surface area (Å²) >= 11 is 5.92. The molecule has 1 aliphatic carbocycles. The Hall–Kier alpha value is -1.85. The van der Waals surface area contributed by atoms with Crippen molar-refractivity contribution in [1.82, 2.24) is 9.97 Å². The summed E-state index contributed by atoms with van der Waals surface area (Å²) in [5, 5.41) is 10.7.